The lowest BCUT2D eigenvalue weighted by atomic mass is 9.83. The van der Waals surface area contributed by atoms with E-state index < -0.39 is 10.0 Å². The molecule has 18 heavy (non-hydrogen) atoms. The maximum atomic E-state index is 12.5. The van der Waals surface area contributed by atoms with Gasteiger partial charge in [-0.25, -0.2) is 8.42 Å². The smallest absolute Gasteiger partial charge is 0.244 e. The van der Waals surface area contributed by atoms with E-state index in [1.54, 1.807) is 15.8 Å². The maximum Gasteiger partial charge on any atom is 0.244 e. The molecule has 1 aromatic rings. The van der Waals surface area contributed by atoms with Crippen LogP contribution in [-0.2, 0) is 16.6 Å². The first-order valence-corrected chi connectivity index (χ1v) is 8.45. The molecule has 2 N–H and O–H groups in total. The number of nitrogens with two attached hydrogens (primary N) is 1. The van der Waals surface area contributed by atoms with E-state index in [0.717, 1.165) is 17.7 Å². The first kappa shape index (κ1) is 14.0. The van der Waals surface area contributed by atoms with Crippen molar-refractivity contribution in [2.45, 2.75) is 38.1 Å². The Morgan fingerprint density at radius 1 is 1.39 bits per heavy atom. The largest absolute Gasteiger partial charge is 0.326 e. The topological polar surface area (TPSA) is 63.4 Å². The van der Waals surface area contributed by atoms with Gasteiger partial charge in [-0.1, -0.05) is 13.8 Å². The Labute approximate surface area is 113 Å². The molecule has 1 aliphatic heterocycles. The van der Waals surface area contributed by atoms with Gasteiger partial charge in [0, 0.05) is 24.5 Å². The summed E-state index contributed by atoms with van der Waals surface area (Å²) in [6.45, 7) is 5.87. The summed E-state index contributed by atoms with van der Waals surface area (Å²) in [5, 5.41) is 1.79. The van der Waals surface area contributed by atoms with Crippen molar-refractivity contribution in [3.63, 3.8) is 0 Å². The number of rotatable bonds is 3. The maximum absolute atomic E-state index is 12.5. The van der Waals surface area contributed by atoms with E-state index in [1.165, 1.54) is 11.3 Å². The van der Waals surface area contributed by atoms with E-state index in [4.69, 9.17) is 5.73 Å². The molecule has 0 radical (unpaired) electrons. The van der Waals surface area contributed by atoms with Crippen LogP contribution in [-0.4, -0.2) is 25.8 Å². The van der Waals surface area contributed by atoms with E-state index in [1.807, 2.05) is 0 Å². The molecule has 4 nitrogen and oxygen atoms in total. The van der Waals surface area contributed by atoms with Crippen LogP contribution in [0.5, 0.6) is 0 Å². The van der Waals surface area contributed by atoms with Gasteiger partial charge in [-0.2, -0.15) is 4.31 Å². The zero-order valence-corrected chi connectivity index (χ0v) is 12.5. The number of piperidine rings is 1. The van der Waals surface area contributed by atoms with E-state index in [-0.39, 0.29) is 12.0 Å². The third-order valence-electron chi connectivity index (χ3n) is 3.58. The van der Waals surface area contributed by atoms with Crippen LogP contribution >= 0.6 is 11.3 Å². The summed E-state index contributed by atoms with van der Waals surface area (Å²) in [5.41, 5.74) is 5.84. The number of nitrogens with zero attached hydrogens (tertiary/aromatic N) is 1. The van der Waals surface area contributed by atoms with Crippen molar-refractivity contribution in [1.29, 1.82) is 0 Å². The minimum atomic E-state index is -3.35. The Hall–Kier alpha value is -0.430. The highest BCUT2D eigenvalue weighted by Gasteiger charge is 2.33. The normalized spacial score (nSPS) is 21.1. The number of hydrogen-bond acceptors (Lipinski definition) is 4. The van der Waals surface area contributed by atoms with Crippen LogP contribution < -0.4 is 5.73 Å². The van der Waals surface area contributed by atoms with Crippen LogP contribution in [0.25, 0.3) is 0 Å². The summed E-state index contributed by atoms with van der Waals surface area (Å²) in [6, 6.07) is 1.67. The monoisotopic (exact) mass is 288 g/mol. The summed E-state index contributed by atoms with van der Waals surface area (Å²) >= 11 is 1.41. The molecule has 0 aromatic carbocycles. The van der Waals surface area contributed by atoms with Crippen molar-refractivity contribution in [3.8, 4) is 0 Å². The first-order valence-electron chi connectivity index (χ1n) is 6.13. The summed E-state index contributed by atoms with van der Waals surface area (Å²) in [4.78, 5) is 1.15. The Morgan fingerprint density at radius 2 is 2.00 bits per heavy atom. The van der Waals surface area contributed by atoms with Crippen LogP contribution in [0.15, 0.2) is 16.3 Å². The molecular weight excluding hydrogens is 268 g/mol. The molecule has 0 spiro atoms. The van der Waals surface area contributed by atoms with Gasteiger partial charge in [0.1, 0.15) is 0 Å². The molecular formula is C12H20N2O2S2. The Morgan fingerprint density at radius 3 is 2.56 bits per heavy atom. The van der Waals surface area contributed by atoms with Gasteiger partial charge in [-0.3, -0.25) is 0 Å². The number of hydrogen-bond donors (Lipinski definition) is 1. The van der Waals surface area contributed by atoms with E-state index in [9.17, 15) is 8.42 Å². The van der Waals surface area contributed by atoms with Crippen LogP contribution in [0.4, 0.5) is 0 Å². The summed E-state index contributed by atoms with van der Waals surface area (Å²) < 4.78 is 26.6. The zero-order chi connectivity index (χ0) is 13.4. The van der Waals surface area contributed by atoms with Crippen LogP contribution in [0.2, 0.25) is 0 Å². The van der Waals surface area contributed by atoms with Gasteiger partial charge in [-0.15, -0.1) is 11.3 Å². The van der Waals surface area contributed by atoms with Crippen molar-refractivity contribution < 1.29 is 8.42 Å². The molecule has 0 unspecified atom stereocenters. The lowest BCUT2D eigenvalue weighted by Crippen LogP contribution is -2.41. The zero-order valence-electron chi connectivity index (χ0n) is 10.8. The fraction of sp³-hybridized carbons (Fsp3) is 0.667. The second kappa shape index (κ2) is 4.92. The minimum Gasteiger partial charge on any atom is -0.326 e. The lowest BCUT2D eigenvalue weighted by Gasteiger charge is -2.36. The first-order chi connectivity index (χ1) is 8.37. The molecule has 1 aromatic heterocycles. The van der Waals surface area contributed by atoms with Gasteiger partial charge < -0.3 is 5.73 Å². The molecule has 0 bridgehead atoms. The van der Waals surface area contributed by atoms with Crippen LogP contribution in [0.3, 0.4) is 0 Å². The molecule has 0 amide bonds. The van der Waals surface area contributed by atoms with Crippen molar-refractivity contribution in [2.24, 2.45) is 11.1 Å². The summed E-state index contributed by atoms with van der Waals surface area (Å²) in [6.07, 6.45) is 1.82. The molecule has 6 heteroatoms. The molecule has 1 fully saturated rings. The fourth-order valence-corrected chi connectivity index (χ4v) is 4.93. The molecule has 1 aliphatic rings. The van der Waals surface area contributed by atoms with Crippen molar-refractivity contribution >= 4 is 21.4 Å². The van der Waals surface area contributed by atoms with Crippen molar-refractivity contribution in [2.75, 3.05) is 13.1 Å². The second-order valence-corrected chi connectivity index (χ2v) is 8.39. The average molecular weight is 288 g/mol. The fourth-order valence-electron chi connectivity index (χ4n) is 2.18. The highest BCUT2D eigenvalue weighted by molar-refractivity contribution is 7.89. The van der Waals surface area contributed by atoms with Gasteiger partial charge in [0.15, 0.2) is 0 Å². The molecule has 2 heterocycles. The van der Waals surface area contributed by atoms with Crippen molar-refractivity contribution in [3.05, 3.63) is 16.3 Å². The highest BCUT2D eigenvalue weighted by Crippen LogP contribution is 2.33. The van der Waals surface area contributed by atoms with Gasteiger partial charge in [-0.05, 0) is 29.7 Å². The SMILES string of the molecule is CC1(C)CCN(S(=O)(=O)c2ccsc2CN)CC1. The van der Waals surface area contributed by atoms with E-state index in [0.29, 0.717) is 18.0 Å². The highest BCUT2D eigenvalue weighted by atomic mass is 32.2. The van der Waals surface area contributed by atoms with E-state index >= 15 is 0 Å². The quantitative estimate of drug-likeness (QED) is 0.925. The third-order valence-corrected chi connectivity index (χ3v) is 6.64. The predicted molar refractivity (Wildman–Crippen MR) is 74.0 cm³/mol. The van der Waals surface area contributed by atoms with Gasteiger partial charge in [0.05, 0.1) is 4.90 Å². The molecule has 102 valence electrons. The van der Waals surface area contributed by atoms with Gasteiger partial charge >= 0.3 is 0 Å². The van der Waals surface area contributed by atoms with Gasteiger partial charge in [0.2, 0.25) is 10.0 Å². The predicted octanol–water partition coefficient (Wildman–Crippen LogP) is 2.02. The molecule has 0 atom stereocenters. The summed E-state index contributed by atoms with van der Waals surface area (Å²) in [5.74, 6) is 0. The van der Waals surface area contributed by atoms with E-state index in [2.05, 4.69) is 13.8 Å². The standard InChI is InChI=1S/C12H20N2O2S2/c1-12(2)4-6-14(7-5-12)18(15,16)11-3-8-17-10(11)9-13/h3,8H,4-7,9,13H2,1-2H3. The number of thiophene rings is 1. The Bertz CT molecular complexity index is 510. The van der Waals surface area contributed by atoms with Crippen LogP contribution in [0, 0.1) is 5.41 Å². The molecule has 0 saturated carbocycles. The van der Waals surface area contributed by atoms with Crippen LogP contribution in [0.1, 0.15) is 31.6 Å². The molecule has 2 rings (SSSR count). The molecule has 1 saturated heterocycles. The second-order valence-electron chi connectivity index (χ2n) is 5.48. The average Bonchev–Trinajstić information content (AvgIpc) is 2.77. The number of sulfonamides is 1. The minimum absolute atomic E-state index is 0.247. The Balaban J connectivity index is 2.23. The summed E-state index contributed by atoms with van der Waals surface area (Å²) in [7, 11) is -3.35. The van der Waals surface area contributed by atoms with Gasteiger partial charge in [0.25, 0.3) is 0 Å². The van der Waals surface area contributed by atoms with Crippen molar-refractivity contribution in [1.82, 2.24) is 4.31 Å². The molecule has 0 aliphatic carbocycles. The lowest BCUT2D eigenvalue weighted by molar-refractivity contribution is 0.196. The third kappa shape index (κ3) is 2.61. The Kier molecular flexibility index (Phi) is 3.82.